The van der Waals surface area contributed by atoms with Crippen molar-refractivity contribution in [3.63, 3.8) is 0 Å². The predicted molar refractivity (Wildman–Crippen MR) is 117 cm³/mol. The van der Waals surface area contributed by atoms with Crippen LogP contribution in [0.15, 0.2) is 35.5 Å². The number of aliphatic hydroxyl groups is 1. The lowest BCUT2D eigenvalue weighted by Gasteiger charge is -2.27. The number of aromatic nitrogens is 4. The van der Waals surface area contributed by atoms with Crippen molar-refractivity contribution in [3.8, 4) is 0 Å². The van der Waals surface area contributed by atoms with Gasteiger partial charge in [0.1, 0.15) is 16.9 Å². The summed E-state index contributed by atoms with van der Waals surface area (Å²) < 4.78 is 1.41. The Morgan fingerprint density at radius 2 is 2.06 bits per heavy atom. The average Bonchev–Trinajstić information content (AvgIpc) is 3.09. The molecular formula is C21H23N7O3. The first kappa shape index (κ1) is 19.4. The van der Waals surface area contributed by atoms with E-state index in [1.54, 1.807) is 30.1 Å². The van der Waals surface area contributed by atoms with Crippen LogP contribution in [-0.2, 0) is 7.05 Å². The normalized spacial score (nSPS) is 20.5. The molecule has 31 heavy (non-hydrogen) atoms. The molecule has 5 rings (SSSR count). The van der Waals surface area contributed by atoms with E-state index in [1.807, 2.05) is 11.8 Å². The van der Waals surface area contributed by atoms with Gasteiger partial charge in [0, 0.05) is 32.9 Å². The quantitative estimate of drug-likeness (QED) is 0.637. The summed E-state index contributed by atoms with van der Waals surface area (Å²) in [5.41, 5.74) is 1.22. The van der Waals surface area contributed by atoms with Gasteiger partial charge < -0.3 is 24.8 Å². The van der Waals surface area contributed by atoms with E-state index in [4.69, 9.17) is 0 Å². The number of anilines is 3. The molecule has 0 unspecified atom stereocenters. The number of amides is 1. The van der Waals surface area contributed by atoms with Crippen LogP contribution in [0.4, 0.5) is 17.5 Å². The van der Waals surface area contributed by atoms with Gasteiger partial charge in [-0.3, -0.25) is 9.59 Å². The molecule has 4 heterocycles. The molecule has 1 aromatic carbocycles. The number of nitrogens with zero attached hydrogens (tertiary/aromatic N) is 6. The zero-order chi connectivity index (χ0) is 21.7. The van der Waals surface area contributed by atoms with Crippen molar-refractivity contribution in [3.05, 3.63) is 46.6 Å². The molecule has 2 atom stereocenters. The Kier molecular flexibility index (Phi) is 4.58. The summed E-state index contributed by atoms with van der Waals surface area (Å²) in [6.45, 7) is 3.35. The molecular weight excluding hydrogens is 398 g/mol. The number of carbonyl (C=O) groups is 1. The van der Waals surface area contributed by atoms with Gasteiger partial charge in [0.05, 0.1) is 29.5 Å². The first-order valence-corrected chi connectivity index (χ1v) is 10.3. The molecule has 2 aliphatic rings. The zero-order valence-corrected chi connectivity index (χ0v) is 17.3. The average molecular weight is 421 g/mol. The maximum Gasteiger partial charge on any atom is 0.263 e. The summed E-state index contributed by atoms with van der Waals surface area (Å²) in [4.78, 5) is 43.2. The van der Waals surface area contributed by atoms with Crippen molar-refractivity contribution >= 4 is 34.3 Å². The van der Waals surface area contributed by atoms with Crippen LogP contribution >= 0.6 is 0 Å². The Bertz CT molecular complexity index is 1240. The van der Waals surface area contributed by atoms with Crippen LogP contribution < -0.4 is 20.7 Å². The highest BCUT2D eigenvalue weighted by molar-refractivity contribution is 6.13. The number of aryl methyl sites for hydroxylation is 1. The van der Waals surface area contributed by atoms with Crippen LogP contribution in [0.1, 0.15) is 23.7 Å². The van der Waals surface area contributed by atoms with Crippen molar-refractivity contribution in [2.24, 2.45) is 7.05 Å². The molecule has 0 saturated carbocycles. The fourth-order valence-corrected chi connectivity index (χ4v) is 4.40. The molecule has 0 aliphatic carbocycles. The van der Waals surface area contributed by atoms with Crippen LogP contribution in [0.3, 0.4) is 0 Å². The Morgan fingerprint density at radius 1 is 1.23 bits per heavy atom. The second-order valence-electron chi connectivity index (χ2n) is 7.91. The molecule has 0 bridgehead atoms. The standard InChI is InChI=1S/C21H23N7O3/c1-3-22-21-23-8-15-18(25-21)27-10-13(29)7-12(27)9-28(20(15)31)16-6-4-5-14-17(16)24-11-26(2)19(14)30/h4-6,8,11-13,29H,3,7,9-10H2,1-2H3,(H,22,23,25)/t12-,13+/m0/s1. The van der Waals surface area contributed by atoms with Crippen LogP contribution in [0.5, 0.6) is 0 Å². The zero-order valence-electron chi connectivity index (χ0n) is 17.3. The van der Waals surface area contributed by atoms with E-state index >= 15 is 0 Å². The van der Waals surface area contributed by atoms with Crippen LogP contribution in [0.2, 0.25) is 0 Å². The summed E-state index contributed by atoms with van der Waals surface area (Å²) in [6.07, 6.45) is 3.00. The molecule has 1 amide bonds. The number of hydrogen-bond donors (Lipinski definition) is 2. The lowest BCUT2D eigenvalue weighted by molar-refractivity contribution is 0.0987. The number of benzene rings is 1. The third kappa shape index (κ3) is 3.10. The second kappa shape index (κ2) is 7.31. The fourth-order valence-electron chi connectivity index (χ4n) is 4.40. The van der Waals surface area contributed by atoms with Crippen LogP contribution in [0.25, 0.3) is 10.9 Å². The summed E-state index contributed by atoms with van der Waals surface area (Å²) in [5.74, 6) is 0.707. The first-order chi connectivity index (χ1) is 15.0. The van der Waals surface area contributed by atoms with Crippen molar-refractivity contribution in [2.75, 3.05) is 34.8 Å². The summed E-state index contributed by atoms with van der Waals surface area (Å²) in [5, 5.41) is 13.9. The van der Waals surface area contributed by atoms with E-state index in [0.717, 1.165) is 0 Å². The minimum Gasteiger partial charge on any atom is -0.391 e. The highest BCUT2D eigenvalue weighted by atomic mass is 16.3. The summed E-state index contributed by atoms with van der Waals surface area (Å²) >= 11 is 0. The number of carbonyl (C=O) groups excluding carboxylic acids is 1. The van der Waals surface area contributed by atoms with Gasteiger partial charge in [-0.1, -0.05) is 6.07 Å². The molecule has 10 heteroatoms. The third-order valence-corrected chi connectivity index (χ3v) is 5.85. The van der Waals surface area contributed by atoms with Crippen molar-refractivity contribution in [2.45, 2.75) is 25.5 Å². The topological polar surface area (TPSA) is 116 Å². The molecule has 10 nitrogen and oxygen atoms in total. The fraction of sp³-hybridized carbons (Fsp3) is 0.381. The number of nitrogens with one attached hydrogen (secondary N) is 1. The molecule has 3 aromatic rings. The van der Waals surface area contributed by atoms with Crippen LogP contribution in [-0.4, -0.2) is 62.3 Å². The number of para-hydroxylation sites is 1. The van der Waals surface area contributed by atoms with Gasteiger partial charge in [-0.15, -0.1) is 0 Å². The van der Waals surface area contributed by atoms with Crippen molar-refractivity contribution in [1.82, 2.24) is 19.5 Å². The van der Waals surface area contributed by atoms with E-state index < -0.39 is 6.10 Å². The number of hydrogen-bond acceptors (Lipinski definition) is 8. The monoisotopic (exact) mass is 421 g/mol. The van der Waals surface area contributed by atoms with E-state index in [1.165, 1.54) is 17.1 Å². The number of fused-ring (bicyclic) bond motifs is 4. The number of rotatable bonds is 3. The van der Waals surface area contributed by atoms with Crippen LogP contribution in [0, 0.1) is 0 Å². The van der Waals surface area contributed by atoms with E-state index in [-0.39, 0.29) is 17.5 Å². The van der Waals surface area contributed by atoms with Gasteiger partial charge in [-0.05, 0) is 25.5 Å². The van der Waals surface area contributed by atoms with Gasteiger partial charge in [0.2, 0.25) is 5.95 Å². The predicted octanol–water partition coefficient (Wildman–Crippen LogP) is 0.755. The highest BCUT2D eigenvalue weighted by Crippen LogP contribution is 2.35. The molecule has 1 saturated heterocycles. The van der Waals surface area contributed by atoms with Crippen molar-refractivity contribution in [1.29, 1.82) is 0 Å². The Hall–Kier alpha value is -3.53. The molecule has 160 valence electrons. The molecule has 0 spiro atoms. The maximum absolute atomic E-state index is 13.6. The molecule has 0 radical (unpaired) electrons. The smallest absolute Gasteiger partial charge is 0.263 e. The van der Waals surface area contributed by atoms with E-state index in [0.29, 0.717) is 60.0 Å². The minimum absolute atomic E-state index is 0.119. The molecule has 2 aromatic heterocycles. The lowest BCUT2D eigenvalue weighted by atomic mass is 10.1. The third-order valence-electron chi connectivity index (χ3n) is 5.85. The second-order valence-corrected chi connectivity index (χ2v) is 7.91. The van der Waals surface area contributed by atoms with Gasteiger partial charge in [-0.25, -0.2) is 9.97 Å². The minimum atomic E-state index is -0.511. The molecule has 2 N–H and O–H groups in total. The Balaban J connectivity index is 1.68. The van der Waals surface area contributed by atoms with E-state index in [2.05, 4.69) is 20.3 Å². The summed E-state index contributed by atoms with van der Waals surface area (Å²) in [7, 11) is 1.64. The SMILES string of the molecule is CCNc1ncc2c(n1)N1C[C@H](O)C[C@H]1CN(c1cccc3c(=O)n(C)cnc13)C2=O. The summed E-state index contributed by atoms with van der Waals surface area (Å²) in [6, 6.07) is 5.14. The lowest BCUT2D eigenvalue weighted by Crippen LogP contribution is -2.40. The van der Waals surface area contributed by atoms with Gasteiger partial charge in [-0.2, -0.15) is 4.98 Å². The van der Waals surface area contributed by atoms with Gasteiger partial charge in [0.15, 0.2) is 0 Å². The Morgan fingerprint density at radius 3 is 2.87 bits per heavy atom. The number of aliphatic hydroxyl groups excluding tert-OH is 1. The Labute approximate surface area is 178 Å². The van der Waals surface area contributed by atoms with Crippen molar-refractivity contribution < 1.29 is 9.90 Å². The van der Waals surface area contributed by atoms with Gasteiger partial charge >= 0.3 is 0 Å². The van der Waals surface area contributed by atoms with Gasteiger partial charge in [0.25, 0.3) is 11.5 Å². The molecule has 1 fully saturated rings. The van der Waals surface area contributed by atoms with E-state index in [9.17, 15) is 14.7 Å². The molecule has 2 aliphatic heterocycles. The maximum atomic E-state index is 13.6. The first-order valence-electron chi connectivity index (χ1n) is 10.3. The highest BCUT2D eigenvalue weighted by Gasteiger charge is 2.41. The largest absolute Gasteiger partial charge is 0.391 e.